The van der Waals surface area contributed by atoms with E-state index in [1.165, 1.54) is 19.3 Å². The Labute approximate surface area is 175 Å². The molecule has 2 aliphatic carbocycles. The molecule has 30 heavy (non-hydrogen) atoms. The average molecular weight is 406 g/mol. The number of carbonyl (C=O) groups excluding carboxylic acids is 1. The quantitative estimate of drug-likeness (QED) is 0.627. The zero-order valence-electron chi connectivity index (χ0n) is 17.1. The molecule has 8 nitrogen and oxygen atoms in total. The van der Waals surface area contributed by atoms with Gasteiger partial charge in [0.1, 0.15) is 23.7 Å². The highest BCUT2D eigenvalue weighted by atomic mass is 16.5. The van der Waals surface area contributed by atoms with Crippen LogP contribution in [0.5, 0.6) is 5.75 Å². The van der Waals surface area contributed by atoms with Crippen LogP contribution in [0.1, 0.15) is 49.7 Å². The highest BCUT2D eigenvalue weighted by molar-refractivity contribution is 5.95. The van der Waals surface area contributed by atoms with Gasteiger partial charge in [-0.05, 0) is 31.7 Å². The SMILES string of the molecule is COc1cc2c(cnn2C(=O)C2CCCCC2)cc1Nc1cc(NC2CC2)ncn1. The molecule has 2 fully saturated rings. The Morgan fingerprint density at radius 3 is 2.63 bits per heavy atom. The highest BCUT2D eigenvalue weighted by Crippen LogP contribution is 2.34. The lowest BCUT2D eigenvalue weighted by molar-refractivity contribution is 0.0790. The summed E-state index contributed by atoms with van der Waals surface area (Å²) in [6.45, 7) is 0. The van der Waals surface area contributed by atoms with Crippen molar-refractivity contribution >= 4 is 34.1 Å². The smallest absolute Gasteiger partial charge is 0.250 e. The van der Waals surface area contributed by atoms with Crippen molar-refractivity contribution in [2.45, 2.75) is 51.0 Å². The fourth-order valence-corrected chi connectivity index (χ4v) is 4.10. The number of nitrogens with zero attached hydrogens (tertiary/aromatic N) is 4. The summed E-state index contributed by atoms with van der Waals surface area (Å²) in [5, 5.41) is 12.0. The van der Waals surface area contributed by atoms with Gasteiger partial charge in [0.05, 0.1) is 24.5 Å². The Bertz CT molecular complexity index is 1070. The second kappa shape index (κ2) is 7.93. The number of fused-ring (bicyclic) bond motifs is 1. The van der Waals surface area contributed by atoms with Crippen molar-refractivity contribution in [2.75, 3.05) is 17.7 Å². The van der Waals surface area contributed by atoms with Crippen LogP contribution in [0.3, 0.4) is 0 Å². The Morgan fingerprint density at radius 1 is 1.07 bits per heavy atom. The van der Waals surface area contributed by atoms with E-state index in [9.17, 15) is 4.79 Å². The topological polar surface area (TPSA) is 94.0 Å². The lowest BCUT2D eigenvalue weighted by Crippen LogP contribution is -2.24. The molecule has 2 N–H and O–H groups in total. The molecule has 0 saturated heterocycles. The minimum absolute atomic E-state index is 0.0593. The van der Waals surface area contributed by atoms with Crippen molar-refractivity contribution in [1.82, 2.24) is 19.7 Å². The molecule has 0 bridgehead atoms. The van der Waals surface area contributed by atoms with Crippen LogP contribution in [0.4, 0.5) is 17.3 Å². The summed E-state index contributed by atoms with van der Waals surface area (Å²) in [6.07, 6.45) is 11.0. The van der Waals surface area contributed by atoms with Gasteiger partial charge in [0.25, 0.3) is 5.91 Å². The van der Waals surface area contributed by atoms with E-state index < -0.39 is 0 Å². The molecule has 0 aliphatic heterocycles. The molecule has 2 aromatic heterocycles. The van der Waals surface area contributed by atoms with E-state index in [2.05, 4.69) is 25.7 Å². The molecular formula is C22H26N6O2. The number of aromatic nitrogens is 4. The Kier molecular flexibility index (Phi) is 4.98. The van der Waals surface area contributed by atoms with Crippen LogP contribution < -0.4 is 15.4 Å². The van der Waals surface area contributed by atoms with Crippen LogP contribution in [-0.2, 0) is 0 Å². The second-order valence-corrected chi connectivity index (χ2v) is 8.17. The molecule has 0 spiro atoms. The monoisotopic (exact) mass is 406 g/mol. The molecule has 5 rings (SSSR count). The van der Waals surface area contributed by atoms with Gasteiger partial charge in [0, 0.05) is 29.5 Å². The number of hydrogen-bond donors (Lipinski definition) is 2. The van der Waals surface area contributed by atoms with Crippen LogP contribution in [0.15, 0.2) is 30.7 Å². The summed E-state index contributed by atoms with van der Waals surface area (Å²) < 4.78 is 7.15. The zero-order valence-corrected chi connectivity index (χ0v) is 17.1. The van der Waals surface area contributed by atoms with Crippen molar-refractivity contribution in [2.24, 2.45) is 5.92 Å². The van der Waals surface area contributed by atoms with Crippen molar-refractivity contribution in [3.8, 4) is 5.75 Å². The maximum Gasteiger partial charge on any atom is 0.250 e. The molecule has 1 aromatic carbocycles. The van der Waals surface area contributed by atoms with E-state index in [0.717, 1.165) is 48.1 Å². The van der Waals surface area contributed by atoms with Crippen molar-refractivity contribution in [3.63, 3.8) is 0 Å². The highest BCUT2D eigenvalue weighted by Gasteiger charge is 2.25. The molecule has 0 amide bonds. The summed E-state index contributed by atoms with van der Waals surface area (Å²) in [5.74, 6) is 2.26. The second-order valence-electron chi connectivity index (χ2n) is 8.17. The number of rotatable bonds is 6. The standard InChI is InChI=1S/C22H26N6O2/c1-30-19-10-18-15(12-25-28(18)22(29)14-5-3-2-4-6-14)9-17(19)27-21-11-20(23-13-24-21)26-16-7-8-16/h9-14,16H,2-8H2,1H3,(H2,23,24,26,27). The van der Waals surface area contributed by atoms with Gasteiger partial charge in [-0.25, -0.2) is 9.97 Å². The van der Waals surface area contributed by atoms with Crippen LogP contribution in [-0.4, -0.2) is 38.8 Å². The first-order valence-corrected chi connectivity index (χ1v) is 10.7. The molecule has 0 unspecified atom stereocenters. The number of anilines is 3. The summed E-state index contributed by atoms with van der Waals surface area (Å²) in [5.41, 5.74) is 1.54. The molecule has 2 heterocycles. The van der Waals surface area contributed by atoms with Gasteiger partial charge in [-0.3, -0.25) is 4.79 Å². The Morgan fingerprint density at radius 2 is 1.87 bits per heavy atom. The normalized spacial score (nSPS) is 17.1. The molecule has 3 aromatic rings. The minimum Gasteiger partial charge on any atom is -0.494 e. The summed E-state index contributed by atoms with van der Waals surface area (Å²) >= 11 is 0. The lowest BCUT2D eigenvalue weighted by Gasteiger charge is -2.20. The van der Waals surface area contributed by atoms with Gasteiger partial charge in [-0.1, -0.05) is 19.3 Å². The number of carbonyl (C=O) groups is 1. The van der Waals surface area contributed by atoms with Crippen molar-refractivity contribution < 1.29 is 9.53 Å². The Balaban J connectivity index is 1.43. The predicted octanol–water partition coefficient (Wildman–Crippen LogP) is 4.37. The maximum absolute atomic E-state index is 13.0. The van der Waals surface area contributed by atoms with E-state index in [1.54, 1.807) is 24.3 Å². The van der Waals surface area contributed by atoms with Crippen LogP contribution in [0, 0.1) is 5.92 Å². The minimum atomic E-state index is 0.0593. The summed E-state index contributed by atoms with van der Waals surface area (Å²) in [4.78, 5) is 21.6. The van der Waals surface area contributed by atoms with E-state index >= 15 is 0 Å². The van der Waals surface area contributed by atoms with Crippen LogP contribution in [0.2, 0.25) is 0 Å². The fourth-order valence-electron chi connectivity index (χ4n) is 4.10. The Hall–Kier alpha value is -3.16. The van der Waals surface area contributed by atoms with Gasteiger partial charge in [-0.2, -0.15) is 9.78 Å². The van der Waals surface area contributed by atoms with E-state index in [4.69, 9.17) is 4.74 Å². The van der Waals surface area contributed by atoms with Gasteiger partial charge < -0.3 is 15.4 Å². The van der Waals surface area contributed by atoms with Crippen LogP contribution in [0.25, 0.3) is 10.9 Å². The zero-order chi connectivity index (χ0) is 20.5. The number of methoxy groups -OCH3 is 1. The number of ether oxygens (including phenoxy) is 1. The first kappa shape index (κ1) is 18.8. The largest absolute Gasteiger partial charge is 0.494 e. The van der Waals surface area contributed by atoms with Gasteiger partial charge >= 0.3 is 0 Å². The summed E-state index contributed by atoms with van der Waals surface area (Å²) in [7, 11) is 1.62. The summed E-state index contributed by atoms with van der Waals surface area (Å²) in [6, 6.07) is 6.22. The van der Waals surface area contributed by atoms with E-state index in [-0.39, 0.29) is 11.8 Å². The molecule has 156 valence electrons. The predicted molar refractivity (Wildman–Crippen MR) is 115 cm³/mol. The number of hydrogen-bond acceptors (Lipinski definition) is 7. The first-order valence-electron chi connectivity index (χ1n) is 10.7. The molecule has 0 atom stereocenters. The molecule has 2 aliphatic rings. The van der Waals surface area contributed by atoms with Gasteiger partial charge in [0.2, 0.25) is 0 Å². The maximum atomic E-state index is 13.0. The number of benzene rings is 1. The third kappa shape index (κ3) is 3.81. The molecule has 2 saturated carbocycles. The lowest BCUT2D eigenvalue weighted by atomic mass is 9.89. The third-order valence-corrected chi connectivity index (χ3v) is 5.91. The molecule has 0 radical (unpaired) electrons. The van der Waals surface area contributed by atoms with Crippen molar-refractivity contribution in [1.29, 1.82) is 0 Å². The number of nitrogens with one attached hydrogen (secondary N) is 2. The van der Waals surface area contributed by atoms with Crippen LogP contribution >= 0.6 is 0 Å². The first-order chi connectivity index (χ1) is 14.7. The van der Waals surface area contributed by atoms with Gasteiger partial charge in [0.15, 0.2) is 0 Å². The van der Waals surface area contributed by atoms with E-state index in [1.807, 2.05) is 18.2 Å². The third-order valence-electron chi connectivity index (χ3n) is 5.91. The molecule has 8 heteroatoms. The van der Waals surface area contributed by atoms with Crippen molar-refractivity contribution in [3.05, 3.63) is 30.7 Å². The van der Waals surface area contributed by atoms with Gasteiger partial charge in [-0.15, -0.1) is 0 Å². The fraction of sp³-hybridized carbons (Fsp3) is 0.455. The average Bonchev–Trinajstić information content (AvgIpc) is 3.50. The van der Waals surface area contributed by atoms with E-state index in [0.29, 0.717) is 17.6 Å². The molecular weight excluding hydrogens is 380 g/mol.